The van der Waals surface area contributed by atoms with Crippen LogP contribution in [0.15, 0.2) is 53.2 Å². The normalized spacial score (nSPS) is 17.3. The third-order valence-electron chi connectivity index (χ3n) is 7.58. The molecule has 40 heavy (non-hydrogen) atoms. The molecule has 0 radical (unpaired) electrons. The predicted octanol–water partition coefficient (Wildman–Crippen LogP) is 4.33. The van der Waals surface area contributed by atoms with E-state index < -0.39 is 11.7 Å². The molecule has 9 nitrogen and oxygen atoms in total. The number of hydrogen-bond donors (Lipinski definition) is 1. The Kier molecular flexibility index (Phi) is 8.83. The Morgan fingerprint density at radius 1 is 1.00 bits per heavy atom. The van der Waals surface area contributed by atoms with Gasteiger partial charge in [0.1, 0.15) is 0 Å². The fourth-order valence-electron chi connectivity index (χ4n) is 5.21. The van der Waals surface area contributed by atoms with E-state index >= 15 is 0 Å². The number of carbonyl (C=O) groups is 1. The van der Waals surface area contributed by atoms with Crippen LogP contribution in [0.3, 0.4) is 0 Å². The van der Waals surface area contributed by atoms with Crippen LogP contribution in [0.4, 0.5) is 24.0 Å². The first-order chi connectivity index (χ1) is 19.3. The SMILES string of the molecule is O=C(NCCCN1CCC(Cc2ccccn2)CC1)N1CCN(c2nc(-c3ccc(C(F)(F)F)cc3)no2)CC1. The number of carbonyl (C=O) groups excluding carboxylic acids is 1. The number of halogens is 3. The summed E-state index contributed by atoms with van der Waals surface area (Å²) in [7, 11) is 0. The second-order valence-electron chi connectivity index (χ2n) is 10.3. The molecule has 0 unspecified atom stereocenters. The van der Waals surface area contributed by atoms with Crippen LogP contribution in [0.5, 0.6) is 0 Å². The highest BCUT2D eigenvalue weighted by molar-refractivity contribution is 5.74. The van der Waals surface area contributed by atoms with Gasteiger partial charge < -0.3 is 24.5 Å². The molecule has 2 aromatic heterocycles. The monoisotopic (exact) mass is 557 g/mol. The van der Waals surface area contributed by atoms with Crippen molar-refractivity contribution in [1.82, 2.24) is 30.2 Å². The Labute approximate surface area is 231 Å². The number of anilines is 1. The van der Waals surface area contributed by atoms with Crippen LogP contribution >= 0.6 is 0 Å². The van der Waals surface area contributed by atoms with Crippen molar-refractivity contribution in [3.05, 3.63) is 59.9 Å². The molecule has 2 amide bonds. The second kappa shape index (κ2) is 12.7. The molecule has 3 aromatic rings. The van der Waals surface area contributed by atoms with Crippen molar-refractivity contribution < 1.29 is 22.5 Å². The lowest BCUT2D eigenvalue weighted by molar-refractivity contribution is -0.137. The highest BCUT2D eigenvalue weighted by Gasteiger charge is 2.30. The number of piperidine rings is 1. The van der Waals surface area contributed by atoms with E-state index in [2.05, 4.69) is 31.4 Å². The van der Waals surface area contributed by atoms with Crippen LogP contribution in [-0.4, -0.2) is 83.3 Å². The lowest BCUT2D eigenvalue weighted by Crippen LogP contribution is -2.52. The molecular weight excluding hydrogens is 523 g/mol. The summed E-state index contributed by atoms with van der Waals surface area (Å²) in [5, 5.41) is 6.94. The molecule has 1 aromatic carbocycles. The number of likely N-dealkylation sites (tertiary alicyclic amines) is 1. The summed E-state index contributed by atoms with van der Waals surface area (Å²) in [6.45, 7) is 5.84. The van der Waals surface area contributed by atoms with Gasteiger partial charge in [-0.1, -0.05) is 23.4 Å². The van der Waals surface area contributed by atoms with Crippen molar-refractivity contribution in [2.45, 2.75) is 31.9 Å². The number of alkyl halides is 3. The average molecular weight is 558 g/mol. The summed E-state index contributed by atoms with van der Waals surface area (Å²) in [5.74, 6) is 0.911. The van der Waals surface area contributed by atoms with E-state index in [1.54, 1.807) is 4.90 Å². The van der Waals surface area contributed by atoms with E-state index in [4.69, 9.17) is 4.52 Å². The summed E-state index contributed by atoms with van der Waals surface area (Å²) in [6, 6.07) is 10.9. The third kappa shape index (κ3) is 7.29. The minimum Gasteiger partial charge on any atom is -0.338 e. The largest absolute Gasteiger partial charge is 0.416 e. The minimum absolute atomic E-state index is 0.0790. The van der Waals surface area contributed by atoms with Crippen LogP contribution in [0.25, 0.3) is 11.4 Å². The maximum Gasteiger partial charge on any atom is 0.416 e. The zero-order chi connectivity index (χ0) is 28.0. The van der Waals surface area contributed by atoms with Gasteiger partial charge in [-0.3, -0.25) is 4.98 Å². The molecule has 0 atom stereocenters. The molecule has 2 saturated heterocycles. The average Bonchev–Trinajstić information content (AvgIpc) is 3.47. The van der Waals surface area contributed by atoms with Crippen LogP contribution < -0.4 is 10.2 Å². The number of aromatic nitrogens is 3. The number of amides is 2. The number of hydrogen-bond acceptors (Lipinski definition) is 7. The fraction of sp³-hybridized carbons (Fsp3) is 0.500. The summed E-state index contributed by atoms with van der Waals surface area (Å²) in [4.78, 5) is 27.5. The highest BCUT2D eigenvalue weighted by Crippen LogP contribution is 2.31. The van der Waals surface area contributed by atoms with Gasteiger partial charge in [-0.2, -0.15) is 18.2 Å². The Bertz CT molecular complexity index is 1220. The second-order valence-corrected chi connectivity index (χ2v) is 10.3. The molecule has 214 valence electrons. The third-order valence-corrected chi connectivity index (χ3v) is 7.58. The maximum absolute atomic E-state index is 12.8. The van der Waals surface area contributed by atoms with Crippen LogP contribution in [-0.2, 0) is 12.6 Å². The number of pyridine rings is 1. The Balaban J connectivity index is 0.981. The number of nitrogens with one attached hydrogen (secondary N) is 1. The first-order valence-electron chi connectivity index (χ1n) is 13.8. The molecule has 4 heterocycles. The van der Waals surface area contributed by atoms with Crippen molar-refractivity contribution in [3.63, 3.8) is 0 Å². The number of urea groups is 1. The lowest BCUT2D eigenvalue weighted by Gasteiger charge is -2.34. The topological polar surface area (TPSA) is 90.6 Å². The summed E-state index contributed by atoms with van der Waals surface area (Å²) >= 11 is 0. The standard InChI is InChI=1S/C28H34F3N7O2/c29-28(30,31)23-7-5-22(6-8-23)25-34-27(40-35-25)38-18-16-37(17-19-38)26(39)33-12-3-13-36-14-9-21(10-15-36)20-24-4-1-2-11-32-24/h1-2,4-8,11,21H,3,9-10,12-20H2,(H,33,39). The van der Waals surface area contributed by atoms with Gasteiger partial charge in [-0.25, -0.2) is 4.79 Å². The molecule has 12 heteroatoms. The van der Waals surface area contributed by atoms with Crippen molar-refractivity contribution in [2.24, 2.45) is 5.92 Å². The molecular formula is C28H34F3N7O2. The van der Waals surface area contributed by atoms with Gasteiger partial charge in [0, 0.05) is 50.2 Å². The van der Waals surface area contributed by atoms with E-state index in [1.807, 2.05) is 23.2 Å². The van der Waals surface area contributed by atoms with E-state index in [0.29, 0.717) is 50.2 Å². The highest BCUT2D eigenvalue weighted by atomic mass is 19.4. The van der Waals surface area contributed by atoms with Gasteiger partial charge in [0.2, 0.25) is 5.82 Å². The van der Waals surface area contributed by atoms with E-state index in [-0.39, 0.29) is 11.9 Å². The van der Waals surface area contributed by atoms with Gasteiger partial charge in [0.05, 0.1) is 5.56 Å². The first kappa shape index (κ1) is 27.9. The molecule has 1 N–H and O–H groups in total. The molecule has 0 bridgehead atoms. The molecule has 2 fully saturated rings. The molecule has 2 aliphatic heterocycles. The summed E-state index contributed by atoms with van der Waals surface area (Å²) in [5.41, 5.74) is 0.880. The van der Waals surface area contributed by atoms with Gasteiger partial charge in [0.15, 0.2) is 0 Å². The summed E-state index contributed by atoms with van der Waals surface area (Å²) in [6.07, 6.45) is 1.77. The first-order valence-corrected chi connectivity index (χ1v) is 13.8. The zero-order valence-corrected chi connectivity index (χ0v) is 22.3. The molecule has 0 saturated carbocycles. The predicted molar refractivity (Wildman–Crippen MR) is 144 cm³/mol. The molecule has 2 aliphatic rings. The lowest BCUT2D eigenvalue weighted by atomic mass is 9.92. The van der Waals surface area contributed by atoms with Gasteiger partial charge in [-0.05, 0) is 75.5 Å². The number of nitrogens with zero attached hydrogens (tertiary/aromatic N) is 6. The van der Waals surface area contributed by atoms with Crippen LogP contribution in [0, 0.1) is 5.92 Å². The number of benzene rings is 1. The Morgan fingerprint density at radius 2 is 1.75 bits per heavy atom. The van der Waals surface area contributed by atoms with E-state index in [9.17, 15) is 18.0 Å². The Hall–Kier alpha value is -3.67. The van der Waals surface area contributed by atoms with Crippen molar-refractivity contribution >= 4 is 12.0 Å². The minimum atomic E-state index is -4.40. The van der Waals surface area contributed by atoms with Gasteiger partial charge in [0.25, 0.3) is 0 Å². The fourth-order valence-corrected chi connectivity index (χ4v) is 5.21. The Morgan fingerprint density at radius 3 is 2.42 bits per heavy atom. The van der Waals surface area contributed by atoms with Crippen molar-refractivity contribution in [3.8, 4) is 11.4 Å². The van der Waals surface area contributed by atoms with Gasteiger partial charge >= 0.3 is 18.2 Å². The number of piperazine rings is 1. The van der Waals surface area contributed by atoms with Crippen molar-refractivity contribution in [2.75, 3.05) is 57.3 Å². The molecule has 0 aliphatic carbocycles. The van der Waals surface area contributed by atoms with E-state index in [1.165, 1.54) is 30.7 Å². The van der Waals surface area contributed by atoms with Crippen LogP contribution in [0.1, 0.15) is 30.5 Å². The molecule has 0 spiro atoms. The van der Waals surface area contributed by atoms with Gasteiger partial charge in [-0.15, -0.1) is 0 Å². The quantitative estimate of drug-likeness (QED) is 0.413. The zero-order valence-electron chi connectivity index (χ0n) is 22.3. The maximum atomic E-state index is 12.8. The smallest absolute Gasteiger partial charge is 0.338 e. The summed E-state index contributed by atoms with van der Waals surface area (Å²) < 4.78 is 43.7. The molecule has 5 rings (SSSR count). The van der Waals surface area contributed by atoms with Crippen molar-refractivity contribution in [1.29, 1.82) is 0 Å². The number of rotatable bonds is 8. The van der Waals surface area contributed by atoms with Crippen LogP contribution in [0.2, 0.25) is 0 Å². The van der Waals surface area contributed by atoms with E-state index in [0.717, 1.165) is 44.6 Å².